The molecule has 2 aliphatic rings. The van der Waals surface area contributed by atoms with Gasteiger partial charge in [-0.1, -0.05) is 42.8 Å². The molecule has 1 aliphatic heterocycles. The van der Waals surface area contributed by atoms with Crippen molar-refractivity contribution in [1.29, 1.82) is 0 Å². The minimum atomic E-state index is -0.590. The maximum atomic E-state index is 13.1. The van der Waals surface area contributed by atoms with Crippen LogP contribution < -0.4 is 10.2 Å². The number of benzene rings is 2. The number of hydrogen-bond acceptors (Lipinski definition) is 4. The van der Waals surface area contributed by atoms with Crippen molar-refractivity contribution in [2.75, 3.05) is 6.61 Å². The number of amides is 2. The summed E-state index contributed by atoms with van der Waals surface area (Å²) in [5.74, 6) is 0.245. The monoisotopic (exact) mass is 366 g/mol. The van der Waals surface area contributed by atoms with E-state index in [1.54, 1.807) is 23.7 Å². The second kappa shape index (κ2) is 7.40. The van der Waals surface area contributed by atoms with Gasteiger partial charge in [-0.15, -0.1) is 0 Å². The molecule has 0 aromatic heterocycles. The molecule has 1 saturated carbocycles. The van der Waals surface area contributed by atoms with Gasteiger partial charge in [0.2, 0.25) is 5.91 Å². The van der Waals surface area contributed by atoms with E-state index in [-0.39, 0.29) is 17.9 Å². The Hall–Kier alpha value is -2.86. The van der Waals surface area contributed by atoms with E-state index in [2.05, 4.69) is 0 Å². The zero-order valence-corrected chi connectivity index (χ0v) is 14.9. The second-order valence-electron chi connectivity index (χ2n) is 7.09. The van der Waals surface area contributed by atoms with Gasteiger partial charge in [0.25, 0.3) is 5.91 Å². The lowest BCUT2D eigenvalue weighted by molar-refractivity contribution is -0.142. The van der Waals surface area contributed by atoms with Crippen LogP contribution in [0.15, 0.2) is 48.5 Å². The Bertz CT molecular complexity index is 849. The molecule has 6 heteroatoms. The molecule has 0 radical (unpaired) electrons. The van der Waals surface area contributed by atoms with Gasteiger partial charge in [0.05, 0.1) is 12.6 Å². The van der Waals surface area contributed by atoms with Gasteiger partial charge >= 0.3 is 0 Å². The summed E-state index contributed by atoms with van der Waals surface area (Å²) in [5, 5.41) is 8.85. The molecule has 1 atom stereocenters. The lowest BCUT2D eigenvalue weighted by Gasteiger charge is -2.35. The summed E-state index contributed by atoms with van der Waals surface area (Å²) < 4.78 is 6.01. The fraction of sp³-hybridized carbons (Fsp3) is 0.333. The Balaban J connectivity index is 1.69. The average Bonchev–Trinajstić information content (AvgIpc) is 2.85. The van der Waals surface area contributed by atoms with Crippen LogP contribution in [-0.4, -0.2) is 28.5 Å². The summed E-state index contributed by atoms with van der Waals surface area (Å²) in [5.41, 5.74) is 3.84. The van der Waals surface area contributed by atoms with E-state index >= 15 is 0 Å². The van der Waals surface area contributed by atoms with Crippen LogP contribution in [0.25, 0.3) is 0 Å². The topological polar surface area (TPSA) is 78.9 Å². The third-order valence-corrected chi connectivity index (χ3v) is 5.47. The number of rotatable bonds is 3. The van der Waals surface area contributed by atoms with Gasteiger partial charge in [-0.2, -0.15) is 0 Å². The molecule has 0 spiro atoms. The SMILES string of the molecule is O=C(NO)c1ccc2c(c1)OC[C@H](c1ccccc1)N(C(=O)C1CCC1)C2. The van der Waals surface area contributed by atoms with Crippen LogP contribution >= 0.6 is 0 Å². The van der Waals surface area contributed by atoms with Gasteiger partial charge in [0.15, 0.2) is 0 Å². The van der Waals surface area contributed by atoms with E-state index in [0.717, 1.165) is 30.4 Å². The van der Waals surface area contributed by atoms with Crippen molar-refractivity contribution in [3.05, 3.63) is 65.2 Å². The smallest absolute Gasteiger partial charge is 0.274 e. The fourth-order valence-electron chi connectivity index (χ4n) is 3.65. The van der Waals surface area contributed by atoms with E-state index < -0.39 is 5.91 Å². The predicted molar refractivity (Wildman–Crippen MR) is 98.3 cm³/mol. The van der Waals surface area contributed by atoms with Crippen molar-refractivity contribution in [3.8, 4) is 5.75 Å². The first-order valence-corrected chi connectivity index (χ1v) is 9.23. The summed E-state index contributed by atoms with van der Waals surface area (Å²) >= 11 is 0. The van der Waals surface area contributed by atoms with Gasteiger partial charge in [-0.05, 0) is 30.5 Å². The maximum Gasteiger partial charge on any atom is 0.274 e. The number of ether oxygens (including phenoxy) is 1. The molecule has 2 amide bonds. The van der Waals surface area contributed by atoms with E-state index in [0.29, 0.717) is 24.5 Å². The highest BCUT2D eigenvalue weighted by Gasteiger charge is 2.36. The van der Waals surface area contributed by atoms with Crippen LogP contribution in [0.5, 0.6) is 5.75 Å². The molecule has 0 bridgehead atoms. The highest BCUT2D eigenvalue weighted by molar-refractivity contribution is 5.93. The zero-order chi connectivity index (χ0) is 18.8. The summed E-state index contributed by atoms with van der Waals surface area (Å²) in [6.45, 7) is 0.755. The number of hydrogen-bond donors (Lipinski definition) is 2. The van der Waals surface area contributed by atoms with E-state index in [4.69, 9.17) is 9.94 Å². The summed E-state index contributed by atoms with van der Waals surface area (Å²) in [7, 11) is 0. The van der Waals surface area contributed by atoms with Crippen LogP contribution in [-0.2, 0) is 11.3 Å². The molecule has 4 rings (SSSR count). The molecular weight excluding hydrogens is 344 g/mol. The number of fused-ring (bicyclic) bond motifs is 1. The third-order valence-electron chi connectivity index (χ3n) is 5.47. The standard InChI is InChI=1S/C21H22N2O4/c24-20(22-26)16-9-10-17-12-23(21(25)15-7-4-8-15)18(13-27-19(17)11-16)14-5-2-1-3-6-14/h1-3,5-6,9-11,15,18,26H,4,7-8,12-13H2,(H,22,24)/t18-/m1/s1. The van der Waals surface area contributed by atoms with Gasteiger partial charge in [0.1, 0.15) is 12.4 Å². The summed E-state index contributed by atoms with van der Waals surface area (Å²) in [4.78, 5) is 26.7. The second-order valence-corrected chi connectivity index (χ2v) is 7.09. The van der Waals surface area contributed by atoms with Crippen molar-refractivity contribution >= 4 is 11.8 Å². The molecule has 0 saturated heterocycles. The molecular formula is C21H22N2O4. The number of carbonyl (C=O) groups is 2. The highest BCUT2D eigenvalue weighted by Crippen LogP contribution is 2.36. The zero-order valence-electron chi connectivity index (χ0n) is 14.9. The lowest BCUT2D eigenvalue weighted by atomic mass is 9.83. The van der Waals surface area contributed by atoms with Gasteiger partial charge < -0.3 is 9.64 Å². The normalized spacial score (nSPS) is 19.3. The Kier molecular flexibility index (Phi) is 4.81. The van der Waals surface area contributed by atoms with Crippen LogP contribution in [0.2, 0.25) is 0 Å². The summed E-state index contributed by atoms with van der Waals surface area (Å²) in [6, 6.07) is 14.7. The van der Waals surface area contributed by atoms with Crippen LogP contribution in [0.3, 0.4) is 0 Å². The maximum absolute atomic E-state index is 13.1. The number of nitrogens with one attached hydrogen (secondary N) is 1. The van der Waals surface area contributed by atoms with Gasteiger partial charge in [0, 0.05) is 17.0 Å². The van der Waals surface area contributed by atoms with E-state index in [1.807, 2.05) is 35.2 Å². The fourth-order valence-corrected chi connectivity index (χ4v) is 3.65. The highest BCUT2D eigenvalue weighted by atomic mass is 16.5. The quantitative estimate of drug-likeness (QED) is 0.646. The largest absolute Gasteiger partial charge is 0.491 e. The minimum absolute atomic E-state index is 0.0946. The van der Waals surface area contributed by atoms with Gasteiger partial charge in [-0.3, -0.25) is 14.8 Å². The number of hydroxylamine groups is 1. The molecule has 27 heavy (non-hydrogen) atoms. The Labute approximate surface area is 157 Å². The Morgan fingerprint density at radius 3 is 2.56 bits per heavy atom. The predicted octanol–water partition coefficient (Wildman–Crippen LogP) is 3.07. The van der Waals surface area contributed by atoms with Crippen molar-refractivity contribution in [2.45, 2.75) is 31.8 Å². The molecule has 1 aliphatic carbocycles. The van der Waals surface area contributed by atoms with Crippen molar-refractivity contribution < 1.29 is 19.5 Å². The molecule has 1 fully saturated rings. The molecule has 140 valence electrons. The molecule has 2 N–H and O–H groups in total. The Morgan fingerprint density at radius 2 is 1.89 bits per heavy atom. The van der Waals surface area contributed by atoms with E-state index in [1.165, 1.54) is 0 Å². The van der Waals surface area contributed by atoms with Crippen molar-refractivity contribution in [3.63, 3.8) is 0 Å². The van der Waals surface area contributed by atoms with Crippen molar-refractivity contribution in [1.82, 2.24) is 10.4 Å². The molecule has 1 heterocycles. The lowest BCUT2D eigenvalue weighted by Crippen LogP contribution is -2.41. The first-order valence-electron chi connectivity index (χ1n) is 9.23. The number of nitrogens with zero attached hydrogens (tertiary/aromatic N) is 1. The summed E-state index contributed by atoms with van der Waals surface area (Å²) in [6.07, 6.45) is 2.99. The third kappa shape index (κ3) is 3.40. The first-order chi connectivity index (χ1) is 13.2. The first kappa shape index (κ1) is 17.5. The van der Waals surface area contributed by atoms with Crippen LogP contribution in [0.4, 0.5) is 0 Å². The molecule has 2 aromatic carbocycles. The molecule has 6 nitrogen and oxygen atoms in total. The average molecular weight is 366 g/mol. The van der Waals surface area contributed by atoms with Crippen molar-refractivity contribution in [2.24, 2.45) is 5.92 Å². The Morgan fingerprint density at radius 1 is 1.11 bits per heavy atom. The molecule has 0 unspecified atom stereocenters. The van der Waals surface area contributed by atoms with Crippen LogP contribution in [0.1, 0.15) is 46.8 Å². The number of carbonyl (C=O) groups excluding carboxylic acids is 2. The van der Waals surface area contributed by atoms with Crippen LogP contribution in [0, 0.1) is 5.92 Å². The van der Waals surface area contributed by atoms with E-state index in [9.17, 15) is 9.59 Å². The molecule has 2 aromatic rings. The minimum Gasteiger partial charge on any atom is -0.491 e. The van der Waals surface area contributed by atoms with Gasteiger partial charge in [-0.25, -0.2) is 5.48 Å².